The van der Waals surface area contributed by atoms with Gasteiger partial charge >= 0.3 is 0 Å². The average molecular weight is 397 g/mol. The molecule has 2 aliphatic rings. The Labute approximate surface area is 172 Å². The quantitative estimate of drug-likeness (QED) is 0.747. The van der Waals surface area contributed by atoms with Crippen LogP contribution in [0.2, 0.25) is 0 Å². The van der Waals surface area contributed by atoms with E-state index in [1.165, 1.54) is 31.2 Å². The van der Waals surface area contributed by atoms with E-state index in [-0.39, 0.29) is 6.04 Å². The third-order valence-corrected chi connectivity index (χ3v) is 5.65. The topological polar surface area (TPSA) is 56.3 Å². The Bertz CT molecular complexity index is 766. The third kappa shape index (κ3) is 4.52. The molecule has 1 aromatic heterocycles. The summed E-state index contributed by atoms with van der Waals surface area (Å²) in [6.45, 7) is 6.33. The maximum atomic E-state index is 5.54. The zero-order chi connectivity index (χ0) is 19.3. The molecular formula is C21H28N6S. The van der Waals surface area contributed by atoms with Gasteiger partial charge in [0.2, 0.25) is 5.95 Å². The molecule has 7 heteroatoms. The van der Waals surface area contributed by atoms with Crippen molar-refractivity contribution in [2.45, 2.75) is 38.6 Å². The van der Waals surface area contributed by atoms with Crippen molar-refractivity contribution in [2.24, 2.45) is 0 Å². The molecule has 2 aromatic rings. The van der Waals surface area contributed by atoms with Gasteiger partial charge in [0.05, 0.1) is 6.04 Å². The molecule has 3 heterocycles. The number of nitrogens with one attached hydrogen (secondary N) is 2. The van der Waals surface area contributed by atoms with Gasteiger partial charge in [-0.1, -0.05) is 30.3 Å². The van der Waals surface area contributed by atoms with E-state index in [1.54, 1.807) is 0 Å². The summed E-state index contributed by atoms with van der Waals surface area (Å²) in [6.07, 6.45) is 4.89. The molecule has 4 rings (SSSR count). The van der Waals surface area contributed by atoms with E-state index in [1.807, 2.05) is 18.2 Å². The number of benzene rings is 1. The normalized spacial score (nSPS) is 17.6. The smallest absolute Gasteiger partial charge is 0.232 e. The Morgan fingerprint density at radius 1 is 0.929 bits per heavy atom. The molecule has 0 bridgehead atoms. The Kier molecular flexibility index (Phi) is 5.90. The van der Waals surface area contributed by atoms with Crippen molar-refractivity contribution in [3.05, 3.63) is 42.0 Å². The van der Waals surface area contributed by atoms with Gasteiger partial charge < -0.3 is 20.4 Å². The monoisotopic (exact) mass is 396 g/mol. The maximum Gasteiger partial charge on any atom is 0.232 e. The maximum absolute atomic E-state index is 5.54. The molecule has 2 fully saturated rings. The second-order valence-corrected chi connectivity index (χ2v) is 7.94. The number of thiocarbonyl (C=S) groups is 1. The molecule has 28 heavy (non-hydrogen) atoms. The minimum absolute atomic E-state index is 0.112. The fraction of sp³-hybridized carbons (Fsp3) is 0.476. The highest BCUT2D eigenvalue weighted by Crippen LogP contribution is 2.26. The van der Waals surface area contributed by atoms with Crippen LogP contribution >= 0.6 is 12.2 Å². The minimum Gasteiger partial charge on any atom is -0.356 e. The first-order chi connectivity index (χ1) is 13.7. The summed E-state index contributed by atoms with van der Waals surface area (Å²) in [5.74, 6) is 2.57. The Balaban J connectivity index is 1.50. The van der Waals surface area contributed by atoms with E-state index in [9.17, 15) is 0 Å². The van der Waals surface area contributed by atoms with Crippen LogP contribution in [-0.4, -0.2) is 41.3 Å². The molecule has 1 unspecified atom stereocenters. The Hall–Kier alpha value is -2.41. The third-order valence-electron chi connectivity index (χ3n) is 5.43. The second-order valence-electron chi connectivity index (χ2n) is 7.53. The summed E-state index contributed by atoms with van der Waals surface area (Å²) in [7, 11) is 0. The predicted molar refractivity (Wildman–Crippen MR) is 119 cm³/mol. The van der Waals surface area contributed by atoms with Crippen molar-refractivity contribution in [1.29, 1.82) is 0 Å². The van der Waals surface area contributed by atoms with Crippen LogP contribution in [0.4, 0.5) is 17.6 Å². The van der Waals surface area contributed by atoms with Crippen LogP contribution < -0.4 is 20.4 Å². The summed E-state index contributed by atoms with van der Waals surface area (Å²) in [5.41, 5.74) is 1.19. The van der Waals surface area contributed by atoms with Gasteiger partial charge in [0.15, 0.2) is 5.11 Å². The number of hydrogen-bond donors (Lipinski definition) is 2. The molecular weight excluding hydrogens is 368 g/mol. The molecule has 2 saturated heterocycles. The van der Waals surface area contributed by atoms with E-state index in [4.69, 9.17) is 22.2 Å². The van der Waals surface area contributed by atoms with E-state index < -0.39 is 0 Å². The molecule has 1 aromatic carbocycles. The summed E-state index contributed by atoms with van der Waals surface area (Å²) >= 11 is 5.54. The van der Waals surface area contributed by atoms with E-state index in [2.05, 4.69) is 45.6 Å². The van der Waals surface area contributed by atoms with Crippen molar-refractivity contribution in [2.75, 3.05) is 41.3 Å². The van der Waals surface area contributed by atoms with Gasteiger partial charge in [-0.15, -0.1) is 0 Å². The van der Waals surface area contributed by atoms with Crippen molar-refractivity contribution < 1.29 is 0 Å². The number of aromatic nitrogens is 2. The number of rotatable bonds is 5. The highest BCUT2D eigenvalue weighted by atomic mass is 32.1. The van der Waals surface area contributed by atoms with Crippen LogP contribution in [0.25, 0.3) is 0 Å². The number of nitrogens with zero attached hydrogens (tertiary/aromatic N) is 4. The fourth-order valence-electron chi connectivity index (χ4n) is 3.85. The van der Waals surface area contributed by atoms with Gasteiger partial charge in [-0.3, -0.25) is 0 Å². The summed E-state index contributed by atoms with van der Waals surface area (Å²) in [4.78, 5) is 14.2. The van der Waals surface area contributed by atoms with Crippen LogP contribution in [0.5, 0.6) is 0 Å². The van der Waals surface area contributed by atoms with Crippen LogP contribution in [-0.2, 0) is 0 Å². The molecule has 6 nitrogen and oxygen atoms in total. The van der Waals surface area contributed by atoms with Gasteiger partial charge in [0, 0.05) is 32.2 Å². The summed E-state index contributed by atoms with van der Waals surface area (Å²) < 4.78 is 0. The molecule has 148 valence electrons. The number of anilines is 3. The molecule has 0 saturated carbocycles. The van der Waals surface area contributed by atoms with Gasteiger partial charge in [-0.05, 0) is 50.4 Å². The van der Waals surface area contributed by atoms with Gasteiger partial charge in [-0.2, -0.15) is 9.97 Å². The van der Waals surface area contributed by atoms with Crippen LogP contribution in [0, 0.1) is 0 Å². The minimum atomic E-state index is 0.112. The summed E-state index contributed by atoms with van der Waals surface area (Å²) in [5, 5.41) is 7.09. The standard InChI is InChI=1S/C21H28N6S/c1-16(17-9-3-2-4-10-17)22-21(28)25-20-23-18(26-11-5-6-12-26)15-19(24-20)27-13-7-8-14-27/h2-4,9-10,15-16H,5-8,11-14H2,1H3,(H2,22,23,24,25,28). The molecule has 0 spiro atoms. The van der Waals surface area contributed by atoms with E-state index >= 15 is 0 Å². The molecule has 0 radical (unpaired) electrons. The Morgan fingerprint density at radius 2 is 1.46 bits per heavy atom. The zero-order valence-corrected chi connectivity index (χ0v) is 17.2. The van der Waals surface area contributed by atoms with Gasteiger partial charge in [0.1, 0.15) is 11.6 Å². The van der Waals surface area contributed by atoms with Crippen LogP contribution in [0.15, 0.2) is 36.4 Å². The van der Waals surface area contributed by atoms with Crippen LogP contribution in [0.3, 0.4) is 0 Å². The van der Waals surface area contributed by atoms with Crippen molar-refractivity contribution >= 4 is 34.9 Å². The van der Waals surface area contributed by atoms with Gasteiger partial charge in [-0.25, -0.2) is 0 Å². The zero-order valence-electron chi connectivity index (χ0n) is 16.4. The highest BCUT2D eigenvalue weighted by Gasteiger charge is 2.20. The molecule has 2 N–H and O–H groups in total. The van der Waals surface area contributed by atoms with Crippen molar-refractivity contribution in [3.63, 3.8) is 0 Å². The first-order valence-electron chi connectivity index (χ1n) is 10.2. The summed E-state index contributed by atoms with van der Waals surface area (Å²) in [6, 6.07) is 12.5. The van der Waals surface area contributed by atoms with Crippen LogP contribution in [0.1, 0.15) is 44.2 Å². The lowest BCUT2D eigenvalue weighted by atomic mass is 10.1. The molecule has 0 amide bonds. The van der Waals surface area contributed by atoms with Gasteiger partial charge in [0.25, 0.3) is 0 Å². The second kappa shape index (κ2) is 8.73. The van der Waals surface area contributed by atoms with E-state index in [0.29, 0.717) is 11.1 Å². The molecule has 2 aliphatic heterocycles. The lowest BCUT2D eigenvalue weighted by Crippen LogP contribution is -2.32. The van der Waals surface area contributed by atoms with E-state index in [0.717, 1.165) is 37.8 Å². The average Bonchev–Trinajstić information content (AvgIpc) is 3.42. The Morgan fingerprint density at radius 3 is 2.00 bits per heavy atom. The lowest BCUT2D eigenvalue weighted by molar-refractivity contribution is 0.722. The lowest BCUT2D eigenvalue weighted by Gasteiger charge is -2.23. The SMILES string of the molecule is CC(NC(=S)Nc1nc(N2CCCC2)cc(N2CCCC2)n1)c1ccccc1. The highest BCUT2D eigenvalue weighted by molar-refractivity contribution is 7.80. The number of hydrogen-bond acceptors (Lipinski definition) is 5. The molecule has 1 atom stereocenters. The predicted octanol–water partition coefficient (Wildman–Crippen LogP) is 3.72. The van der Waals surface area contributed by atoms with Crippen molar-refractivity contribution in [1.82, 2.24) is 15.3 Å². The molecule has 0 aliphatic carbocycles. The first kappa shape index (κ1) is 18.9. The first-order valence-corrected chi connectivity index (χ1v) is 10.6. The van der Waals surface area contributed by atoms with Crippen molar-refractivity contribution in [3.8, 4) is 0 Å². The largest absolute Gasteiger partial charge is 0.356 e. The fourth-order valence-corrected chi connectivity index (χ4v) is 4.12.